The van der Waals surface area contributed by atoms with Crippen LogP contribution in [0.5, 0.6) is 5.75 Å². The highest BCUT2D eigenvalue weighted by atomic mass is 16.5. The van der Waals surface area contributed by atoms with Gasteiger partial charge in [0.2, 0.25) is 11.7 Å². The van der Waals surface area contributed by atoms with E-state index in [1.807, 2.05) is 53.4 Å². The minimum Gasteiger partial charge on any atom is -0.497 e. The summed E-state index contributed by atoms with van der Waals surface area (Å²) < 4.78 is 10.8. The molecule has 6 heteroatoms. The molecule has 2 heterocycles. The summed E-state index contributed by atoms with van der Waals surface area (Å²) in [6, 6.07) is 15.2. The first-order valence-electron chi connectivity index (χ1n) is 10.8. The Hall–Kier alpha value is -3.15. The van der Waals surface area contributed by atoms with E-state index >= 15 is 0 Å². The van der Waals surface area contributed by atoms with E-state index in [4.69, 9.17) is 9.26 Å². The average molecular weight is 420 g/mol. The van der Waals surface area contributed by atoms with Gasteiger partial charge in [-0.25, -0.2) is 0 Å². The fourth-order valence-electron chi connectivity index (χ4n) is 3.94. The number of carbonyl (C=O) groups excluding carboxylic acids is 1. The van der Waals surface area contributed by atoms with Gasteiger partial charge in [-0.3, -0.25) is 4.79 Å². The van der Waals surface area contributed by atoms with Crippen molar-refractivity contribution in [2.45, 2.75) is 51.5 Å². The third-order valence-corrected chi connectivity index (χ3v) is 5.84. The zero-order chi connectivity index (χ0) is 22.0. The number of nitrogens with zero attached hydrogens (tertiary/aromatic N) is 3. The van der Waals surface area contributed by atoms with Crippen LogP contribution in [0.3, 0.4) is 0 Å². The molecular weight excluding hydrogens is 390 g/mol. The zero-order valence-corrected chi connectivity index (χ0v) is 18.6. The van der Waals surface area contributed by atoms with Crippen molar-refractivity contribution in [2.75, 3.05) is 13.7 Å². The van der Waals surface area contributed by atoms with Crippen LogP contribution >= 0.6 is 0 Å². The van der Waals surface area contributed by atoms with Gasteiger partial charge in [0, 0.05) is 17.7 Å². The van der Waals surface area contributed by atoms with Crippen LogP contribution in [0.15, 0.2) is 53.1 Å². The number of methoxy groups -OCH3 is 1. The molecule has 1 amide bonds. The maximum atomic E-state index is 13.3. The Morgan fingerprint density at radius 3 is 2.42 bits per heavy atom. The second-order valence-corrected chi connectivity index (χ2v) is 9.02. The third kappa shape index (κ3) is 4.48. The molecule has 1 aliphatic heterocycles. The maximum Gasteiger partial charge on any atom is 0.254 e. The largest absolute Gasteiger partial charge is 0.497 e. The first kappa shape index (κ1) is 21.1. The smallest absolute Gasteiger partial charge is 0.254 e. The fourth-order valence-corrected chi connectivity index (χ4v) is 3.94. The lowest BCUT2D eigenvalue weighted by molar-refractivity contribution is 0.0561. The van der Waals surface area contributed by atoms with E-state index in [0.29, 0.717) is 23.8 Å². The Balaban J connectivity index is 1.56. The van der Waals surface area contributed by atoms with Crippen LogP contribution in [0, 0.1) is 0 Å². The van der Waals surface area contributed by atoms with Crippen molar-refractivity contribution in [3.05, 3.63) is 65.5 Å². The molecule has 31 heavy (non-hydrogen) atoms. The van der Waals surface area contributed by atoms with Crippen molar-refractivity contribution in [3.63, 3.8) is 0 Å². The summed E-state index contributed by atoms with van der Waals surface area (Å²) in [6.07, 6.45) is 2.81. The second kappa shape index (κ2) is 8.53. The van der Waals surface area contributed by atoms with Crippen LogP contribution in [0.4, 0.5) is 0 Å². The molecule has 1 aliphatic rings. The average Bonchev–Trinajstić information content (AvgIpc) is 3.28. The number of rotatable bonds is 4. The normalized spacial score (nSPS) is 16.9. The van der Waals surface area contributed by atoms with Crippen molar-refractivity contribution < 1.29 is 14.1 Å². The number of hydrogen-bond acceptors (Lipinski definition) is 5. The Morgan fingerprint density at radius 2 is 1.77 bits per heavy atom. The van der Waals surface area contributed by atoms with Crippen LogP contribution in [-0.4, -0.2) is 34.6 Å². The summed E-state index contributed by atoms with van der Waals surface area (Å²) in [4.78, 5) is 19.8. The number of carbonyl (C=O) groups is 1. The fraction of sp³-hybridized carbons (Fsp3) is 0.400. The Labute approximate surface area is 183 Å². The quantitative estimate of drug-likeness (QED) is 0.566. The molecule has 1 fully saturated rings. The van der Waals surface area contributed by atoms with Gasteiger partial charge in [-0.2, -0.15) is 4.98 Å². The number of ether oxygens (including phenoxy) is 1. The molecule has 0 radical (unpaired) electrons. The van der Waals surface area contributed by atoms with Gasteiger partial charge < -0.3 is 14.2 Å². The van der Waals surface area contributed by atoms with Gasteiger partial charge >= 0.3 is 0 Å². The summed E-state index contributed by atoms with van der Waals surface area (Å²) in [6.45, 7) is 7.19. The Kier molecular flexibility index (Phi) is 5.81. The van der Waals surface area contributed by atoms with Gasteiger partial charge in [-0.15, -0.1) is 0 Å². The van der Waals surface area contributed by atoms with Gasteiger partial charge in [-0.1, -0.05) is 38.1 Å². The third-order valence-electron chi connectivity index (χ3n) is 5.84. The topological polar surface area (TPSA) is 68.5 Å². The molecule has 6 nitrogen and oxygen atoms in total. The van der Waals surface area contributed by atoms with Gasteiger partial charge in [-0.05, 0) is 66.6 Å². The molecule has 1 aromatic heterocycles. The lowest BCUT2D eigenvalue weighted by Crippen LogP contribution is -2.38. The lowest BCUT2D eigenvalue weighted by atomic mass is 9.86. The minimum absolute atomic E-state index is 0.00866. The lowest BCUT2D eigenvalue weighted by Gasteiger charge is -2.33. The summed E-state index contributed by atoms with van der Waals surface area (Å²) in [5.74, 6) is 1.79. The number of aromatic nitrogens is 2. The monoisotopic (exact) mass is 419 g/mol. The van der Waals surface area contributed by atoms with Crippen molar-refractivity contribution in [2.24, 2.45) is 0 Å². The van der Waals surface area contributed by atoms with E-state index < -0.39 is 0 Å². The number of amides is 1. The molecule has 4 rings (SSSR count). The molecule has 0 saturated carbocycles. The highest BCUT2D eigenvalue weighted by Gasteiger charge is 2.33. The summed E-state index contributed by atoms with van der Waals surface area (Å²) >= 11 is 0. The summed E-state index contributed by atoms with van der Waals surface area (Å²) in [5.41, 5.74) is 2.80. The molecule has 162 valence electrons. The van der Waals surface area contributed by atoms with Crippen LogP contribution in [0.2, 0.25) is 0 Å². The Bertz CT molecular complexity index is 1030. The zero-order valence-electron chi connectivity index (χ0n) is 18.6. The molecule has 0 N–H and O–H groups in total. The van der Waals surface area contributed by atoms with Crippen molar-refractivity contribution >= 4 is 5.91 Å². The molecule has 3 aromatic rings. The molecular formula is C25H29N3O3. The standard InChI is InChI=1S/C25H29N3O3/c1-25(2,3)19-12-8-18(9-13-19)24(29)28-16-6-5-7-21(28)23-26-22(27-31-23)17-10-14-20(30-4)15-11-17/h8-15,21H,5-7,16H2,1-4H3. The SMILES string of the molecule is COc1ccc(-c2noc(C3CCCCN3C(=O)c3ccc(C(C)(C)C)cc3)n2)cc1. The van der Waals surface area contributed by atoms with Gasteiger partial charge in [0.15, 0.2) is 0 Å². The van der Waals surface area contributed by atoms with Gasteiger partial charge in [0.25, 0.3) is 5.91 Å². The van der Waals surface area contributed by atoms with Crippen molar-refractivity contribution in [3.8, 4) is 17.1 Å². The summed E-state index contributed by atoms with van der Waals surface area (Å²) in [5, 5.41) is 4.16. The minimum atomic E-state index is -0.206. The van der Waals surface area contributed by atoms with Gasteiger partial charge in [0.05, 0.1) is 7.11 Å². The van der Waals surface area contributed by atoms with Crippen LogP contribution in [0.25, 0.3) is 11.4 Å². The van der Waals surface area contributed by atoms with E-state index in [9.17, 15) is 4.79 Å². The van der Waals surface area contributed by atoms with Crippen LogP contribution < -0.4 is 4.74 Å². The number of benzene rings is 2. The van der Waals surface area contributed by atoms with E-state index in [2.05, 4.69) is 30.9 Å². The molecule has 0 aliphatic carbocycles. The van der Waals surface area contributed by atoms with Crippen LogP contribution in [0.1, 0.15) is 67.9 Å². The van der Waals surface area contributed by atoms with E-state index in [1.165, 1.54) is 5.56 Å². The predicted molar refractivity (Wildman–Crippen MR) is 119 cm³/mol. The number of likely N-dealkylation sites (tertiary alicyclic amines) is 1. The van der Waals surface area contributed by atoms with Crippen molar-refractivity contribution in [1.29, 1.82) is 0 Å². The van der Waals surface area contributed by atoms with E-state index in [-0.39, 0.29) is 17.4 Å². The first-order valence-corrected chi connectivity index (χ1v) is 10.8. The Morgan fingerprint density at radius 1 is 1.06 bits per heavy atom. The molecule has 1 unspecified atom stereocenters. The highest BCUT2D eigenvalue weighted by Crippen LogP contribution is 2.33. The molecule has 0 bridgehead atoms. The summed E-state index contributed by atoms with van der Waals surface area (Å²) in [7, 11) is 1.63. The van der Waals surface area contributed by atoms with E-state index in [1.54, 1.807) is 7.11 Å². The van der Waals surface area contributed by atoms with Gasteiger partial charge in [0.1, 0.15) is 11.8 Å². The van der Waals surface area contributed by atoms with Crippen molar-refractivity contribution in [1.82, 2.24) is 15.0 Å². The molecule has 1 atom stereocenters. The van der Waals surface area contributed by atoms with E-state index in [0.717, 1.165) is 30.6 Å². The predicted octanol–water partition coefficient (Wildman–Crippen LogP) is 5.41. The molecule has 0 spiro atoms. The highest BCUT2D eigenvalue weighted by molar-refractivity contribution is 5.94. The number of piperidine rings is 1. The maximum absolute atomic E-state index is 13.3. The second-order valence-electron chi connectivity index (χ2n) is 9.02. The first-order chi connectivity index (χ1) is 14.9. The molecule has 2 aromatic carbocycles. The molecule has 1 saturated heterocycles. The number of hydrogen-bond donors (Lipinski definition) is 0. The van der Waals surface area contributed by atoms with Crippen LogP contribution in [-0.2, 0) is 5.41 Å².